The topological polar surface area (TPSA) is 50.3 Å². The summed E-state index contributed by atoms with van der Waals surface area (Å²) in [5.74, 6) is 2.07. The second-order valence-corrected chi connectivity index (χ2v) is 7.40. The highest BCUT2D eigenvalue weighted by molar-refractivity contribution is 5.85. The Balaban J connectivity index is 0.00000256. The minimum absolute atomic E-state index is 0. The highest BCUT2D eigenvalue weighted by Crippen LogP contribution is 2.36. The molecule has 0 amide bonds. The molecule has 1 aliphatic heterocycles. The Morgan fingerprint density at radius 1 is 1.10 bits per heavy atom. The third-order valence-corrected chi connectivity index (χ3v) is 5.63. The number of halogens is 2. The van der Waals surface area contributed by atoms with E-state index in [0.29, 0.717) is 5.95 Å². The lowest BCUT2D eigenvalue weighted by molar-refractivity contribution is 0.413. The van der Waals surface area contributed by atoms with Crippen LogP contribution in [0, 0.1) is 19.7 Å². The molecule has 1 atom stereocenters. The molecule has 1 aromatic heterocycles. The van der Waals surface area contributed by atoms with Gasteiger partial charge in [-0.1, -0.05) is 6.07 Å². The lowest BCUT2D eigenvalue weighted by atomic mass is 9.93. The molecule has 0 saturated carbocycles. The second-order valence-electron chi connectivity index (χ2n) is 7.40. The minimum Gasteiger partial charge on any atom is -0.497 e. The number of methoxy groups -OCH3 is 1. The summed E-state index contributed by atoms with van der Waals surface area (Å²) in [7, 11) is 1.70. The number of aryl methyl sites for hydroxylation is 1. The summed E-state index contributed by atoms with van der Waals surface area (Å²) in [4.78, 5) is 11.7. The Bertz CT molecular complexity index is 1040. The van der Waals surface area contributed by atoms with Crippen LogP contribution in [0.4, 0.5) is 21.8 Å². The maximum atomic E-state index is 13.2. The van der Waals surface area contributed by atoms with Crippen LogP contribution in [0.3, 0.4) is 0 Å². The number of aromatic nitrogens is 2. The molecular formula is C23H26ClFN4O. The molecule has 1 unspecified atom stereocenters. The predicted octanol–water partition coefficient (Wildman–Crippen LogP) is 5.53. The van der Waals surface area contributed by atoms with Crippen LogP contribution < -0.4 is 15.0 Å². The number of hydrogen-bond donors (Lipinski definition) is 1. The number of rotatable bonds is 4. The first-order chi connectivity index (χ1) is 14.0. The van der Waals surface area contributed by atoms with Gasteiger partial charge in [0.05, 0.1) is 13.2 Å². The van der Waals surface area contributed by atoms with Crippen LogP contribution in [0.1, 0.15) is 35.3 Å². The summed E-state index contributed by atoms with van der Waals surface area (Å²) in [6, 6.07) is 12.7. The van der Waals surface area contributed by atoms with Crippen LogP contribution in [0.5, 0.6) is 5.75 Å². The van der Waals surface area contributed by atoms with Gasteiger partial charge in [-0.2, -0.15) is 4.98 Å². The van der Waals surface area contributed by atoms with Crippen LogP contribution in [0.25, 0.3) is 0 Å². The average molecular weight is 429 g/mol. The van der Waals surface area contributed by atoms with Gasteiger partial charge in [-0.3, -0.25) is 0 Å². The lowest BCUT2D eigenvalue weighted by Gasteiger charge is -2.37. The van der Waals surface area contributed by atoms with Crippen molar-refractivity contribution in [3.8, 4) is 5.75 Å². The Morgan fingerprint density at radius 3 is 2.53 bits per heavy atom. The van der Waals surface area contributed by atoms with Crippen molar-refractivity contribution in [1.29, 1.82) is 0 Å². The highest BCUT2D eigenvalue weighted by atomic mass is 35.5. The van der Waals surface area contributed by atoms with Gasteiger partial charge in [0, 0.05) is 23.5 Å². The summed E-state index contributed by atoms with van der Waals surface area (Å²) in [5, 5.41) is 3.20. The number of fused-ring (bicyclic) bond motifs is 1. The SMILES string of the molecule is COc1ccc2c(c1)CCN(c1nc(Nc3ccc(F)cc3)nc(C)c1C)C2C.Cl. The Morgan fingerprint density at radius 2 is 1.83 bits per heavy atom. The van der Waals surface area contributed by atoms with Gasteiger partial charge in [-0.25, -0.2) is 9.37 Å². The van der Waals surface area contributed by atoms with Crippen LogP contribution >= 0.6 is 12.4 Å². The summed E-state index contributed by atoms with van der Waals surface area (Å²) >= 11 is 0. The molecule has 0 fully saturated rings. The monoisotopic (exact) mass is 428 g/mol. The van der Waals surface area contributed by atoms with E-state index in [9.17, 15) is 4.39 Å². The van der Waals surface area contributed by atoms with Crippen molar-refractivity contribution in [2.24, 2.45) is 0 Å². The van der Waals surface area contributed by atoms with Gasteiger partial charge >= 0.3 is 0 Å². The predicted molar refractivity (Wildman–Crippen MR) is 121 cm³/mol. The molecule has 0 bridgehead atoms. The van der Waals surface area contributed by atoms with Crippen LogP contribution in [0.2, 0.25) is 0 Å². The van der Waals surface area contributed by atoms with E-state index in [1.165, 1.54) is 23.3 Å². The van der Waals surface area contributed by atoms with Gasteiger partial charge in [-0.15, -0.1) is 12.4 Å². The summed E-state index contributed by atoms with van der Waals surface area (Å²) < 4.78 is 18.6. The van der Waals surface area contributed by atoms with E-state index in [1.54, 1.807) is 19.2 Å². The van der Waals surface area contributed by atoms with E-state index in [2.05, 4.69) is 41.2 Å². The fourth-order valence-electron chi connectivity index (χ4n) is 3.84. The van der Waals surface area contributed by atoms with E-state index in [4.69, 9.17) is 9.72 Å². The normalized spacial score (nSPS) is 15.2. The number of anilines is 3. The van der Waals surface area contributed by atoms with Gasteiger partial charge in [0.1, 0.15) is 17.4 Å². The van der Waals surface area contributed by atoms with Crippen molar-refractivity contribution in [2.45, 2.75) is 33.2 Å². The lowest BCUT2D eigenvalue weighted by Crippen LogP contribution is -2.35. The van der Waals surface area contributed by atoms with E-state index in [0.717, 1.165) is 41.5 Å². The Kier molecular flexibility index (Phi) is 6.46. The molecule has 0 aliphatic carbocycles. The van der Waals surface area contributed by atoms with Crippen molar-refractivity contribution in [3.05, 3.63) is 70.7 Å². The van der Waals surface area contributed by atoms with Gasteiger partial charge < -0.3 is 15.0 Å². The first-order valence-electron chi connectivity index (χ1n) is 9.77. The Labute approximate surface area is 182 Å². The fourth-order valence-corrected chi connectivity index (χ4v) is 3.84. The molecule has 5 nitrogen and oxygen atoms in total. The number of ether oxygens (including phenoxy) is 1. The molecule has 1 aliphatic rings. The Hall–Kier alpha value is -2.86. The molecule has 0 spiro atoms. The fraction of sp³-hybridized carbons (Fsp3) is 0.304. The van der Waals surface area contributed by atoms with E-state index < -0.39 is 0 Å². The van der Waals surface area contributed by atoms with E-state index >= 15 is 0 Å². The summed E-state index contributed by atoms with van der Waals surface area (Å²) in [6.07, 6.45) is 0.931. The van der Waals surface area contributed by atoms with Crippen LogP contribution in [-0.4, -0.2) is 23.6 Å². The maximum absolute atomic E-state index is 13.2. The van der Waals surface area contributed by atoms with Crippen molar-refractivity contribution in [3.63, 3.8) is 0 Å². The molecule has 2 aromatic carbocycles. The molecule has 0 radical (unpaired) electrons. The van der Waals surface area contributed by atoms with E-state index in [-0.39, 0.29) is 24.3 Å². The molecule has 158 valence electrons. The molecule has 30 heavy (non-hydrogen) atoms. The molecule has 0 saturated heterocycles. The average Bonchev–Trinajstić information content (AvgIpc) is 2.72. The van der Waals surface area contributed by atoms with Gasteiger partial charge in [0.2, 0.25) is 5.95 Å². The van der Waals surface area contributed by atoms with Crippen molar-refractivity contribution in [1.82, 2.24) is 9.97 Å². The summed E-state index contributed by atoms with van der Waals surface area (Å²) in [5.41, 5.74) is 5.36. The molecular weight excluding hydrogens is 403 g/mol. The second kappa shape index (κ2) is 8.88. The standard InChI is InChI=1S/C23H25FN4O.ClH/c1-14-15(2)25-23(26-19-7-5-18(24)6-8-19)27-22(14)28-12-11-17-13-20(29-4)9-10-21(17)16(28)3;/h5-10,13,16H,11-12H2,1-4H3,(H,25,26,27);1H. The van der Waals surface area contributed by atoms with Crippen molar-refractivity contribution >= 4 is 29.9 Å². The minimum atomic E-state index is -0.269. The maximum Gasteiger partial charge on any atom is 0.229 e. The highest BCUT2D eigenvalue weighted by Gasteiger charge is 2.27. The molecule has 7 heteroatoms. The molecule has 4 rings (SSSR count). The number of benzene rings is 2. The number of hydrogen-bond acceptors (Lipinski definition) is 5. The third kappa shape index (κ3) is 4.19. The van der Waals surface area contributed by atoms with Crippen LogP contribution in [-0.2, 0) is 6.42 Å². The van der Waals surface area contributed by atoms with Crippen molar-refractivity contribution < 1.29 is 9.13 Å². The van der Waals surface area contributed by atoms with Gasteiger partial charge in [0.25, 0.3) is 0 Å². The smallest absolute Gasteiger partial charge is 0.229 e. The zero-order valence-electron chi connectivity index (χ0n) is 17.6. The summed E-state index contributed by atoms with van der Waals surface area (Å²) in [6.45, 7) is 7.12. The zero-order valence-corrected chi connectivity index (χ0v) is 18.4. The molecule has 2 heterocycles. The van der Waals surface area contributed by atoms with Gasteiger partial charge in [-0.05, 0) is 74.7 Å². The third-order valence-electron chi connectivity index (χ3n) is 5.63. The van der Waals surface area contributed by atoms with Crippen LogP contribution in [0.15, 0.2) is 42.5 Å². The number of nitrogens with zero attached hydrogens (tertiary/aromatic N) is 3. The quantitative estimate of drug-likeness (QED) is 0.592. The van der Waals surface area contributed by atoms with E-state index in [1.807, 2.05) is 13.0 Å². The van der Waals surface area contributed by atoms with Crippen molar-refractivity contribution in [2.75, 3.05) is 23.9 Å². The number of nitrogens with one attached hydrogen (secondary N) is 1. The first kappa shape index (κ1) is 21.8. The molecule has 3 aromatic rings. The molecule has 1 N–H and O–H groups in total. The zero-order chi connectivity index (χ0) is 20.5. The van der Waals surface area contributed by atoms with Gasteiger partial charge in [0.15, 0.2) is 0 Å². The first-order valence-corrected chi connectivity index (χ1v) is 9.77. The largest absolute Gasteiger partial charge is 0.497 e.